The highest BCUT2D eigenvalue weighted by Gasteiger charge is 2.26. The summed E-state index contributed by atoms with van der Waals surface area (Å²) in [5, 5.41) is 15.8. The molecule has 166 valence electrons. The molecule has 0 aliphatic heterocycles. The van der Waals surface area contributed by atoms with Crippen LogP contribution in [0.25, 0.3) is 0 Å². The molecule has 0 saturated carbocycles. The molecular formula is C20H17Cl2N5O5. The zero-order valence-corrected chi connectivity index (χ0v) is 18.0. The second-order valence-corrected chi connectivity index (χ2v) is 7.24. The van der Waals surface area contributed by atoms with Crippen LogP contribution in [0.3, 0.4) is 0 Å². The van der Waals surface area contributed by atoms with Crippen molar-refractivity contribution < 1.29 is 23.9 Å². The first-order valence-corrected chi connectivity index (χ1v) is 10.0. The molecule has 1 heterocycles. The number of Topliss-reactive ketones (excluding diaryl/α,β-unsaturated/α-hetero) is 1. The molecule has 0 bridgehead atoms. The smallest absolute Gasteiger partial charge is 0.408 e. The molecule has 3 rings (SSSR count). The predicted octanol–water partition coefficient (Wildman–Crippen LogP) is 2.77. The maximum absolute atomic E-state index is 12.7. The number of carbonyl (C=O) groups excluding carboxylic acids is 3. The molecule has 2 N–H and O–H groups in total. The number of benzene rings is 2. The molecule has 12 heteroatoms. The van der Waals surface area contributed by atoms with Crippen molar-refractivity contribution in [1.29, 1.82) is 0 Å². The summed E-state index contributed by atoms with van der Waals surface area (Å²) in [7, 11) is 0. The van der Waals surface area contributed by atoms with E-state index < -0.39 is 30.5 Å². The van der Waals surface area contributed by atoms with Crippen LogP contribution >= 0.6 is 23.2 Å². The number of carbonyl (C=O) groups is 3. The number of aromatic nitrogens is 4. The number of H-pyrrole nitrogens is 1. The van der Waals surface area contributed by atoms with E-state index in [1.54, 1.807) is 30.3 Å². The van der Waals surface area contributed by atoms with E-state index in [1.165, 1.54) is 12.1 Å². The van der Waals surface area contributed by atoms with E-state index in [4.69, 9.17) is 32.7 Å². The molecule has 1 atom stereocenters. The van der Waals surface area contributed by atoms with Gasteiger partial charge in [0.2, 0.25) is 0 Å². The Labute approximate surface area is 192 Å². The molecular weight excluding hydrogens is 461 g/mol. The maximum atomic E-state index is 12.7. The summed E-state index contributed by atoms with van der Waals surface area (Å²) in [6.07, 6.45) is -0.934. The Morgan fingerprint density at radius 1 is 1.00 bits per heavy atom. The summed E-state index contributed by atoms with van der Waals surface area (Å²) < 4.78 is 10.2. The topological polar surface area (TPSA) is 136 Å². The summed E-state index contributed by atoms with van der Waals surface area (Å²) in [5.74, 6) is -1.32. The fourth-order valence-electron chi connectivity index (χ4n) is 2.61. The lowest BCUT2D eigenvalue weighted by Gasteiger charge is -2.16. The summed E-state index contributed by atoms with van der Waals surface area (Å²) in [4.78, 5) is 37.2. The second-order valence-electron chi connectivity index (χ2n) is 6.43. The molecule has 3 aromatic rings. The van der Waals surface area contributed by atoms with Gasteiger partial charge in [-0.15, -0.1) is 10.2 Å². The van der Waals surface area contributed by atoms with E-state index in [-0.39, 0.29) is 34.5 Å². The first-order chi connectivity index (χ1) is 15.4. The third kappa shape index (κ3) is 6.50. The van der Waals surface area contributed by atoms with Gasteiger partial charge in [-0.25, -0.2) is 9.59 Å². The first-order valence-electron chi connectivity index (χ1n) is 9.27. The summed E-state index contributed by atoms with van der Waals surface area (Å²) >= 11 is 12.0. The Kier molecular flexibility index (Phi) is 8.12. The average Bonchev–Trinajstić information content (AvgIpc) is 3.29. The van der Waals surface area contributed by atoms with Gasteiger partial charge in [-0.2, -0.15) is 5.21 Å². The average molecular weight is 478 g/mol. The fourth-order valence-corrected chi connectivity index (χ4v) is 3.16. The summed E-state index contributed by atoms with van der Waals surface area (Å²) in [6.45, 7) is -0.641. The van der Waals surface area contributed by atoms with Gasteiger partial charge >= 0.3 is 12.1 Å². The summed E-state index contributed by atoms with van der Waals surface area (Å²) in [6, 6.07) is 12.4. The monoisotopic (exact) mass is 477 g/mol. The number of tetrazole rings is 1. The normalized spacial score (nSPS) is 11.4. The maximum Gasteiger partial charge on any atom is 0.408 e. The van der Waals surface area contributed by atoms with Crippen LogP contribution in [0.2, 0.25) is 10.0 Å². The number of ketones is 1. The molecule has 1 aromatic heterocycles. The van der Waals surface area contributed by atoms with E-state index in [9.17, 15) is 14.4 Å². The zero-order chi connectivity index (χ0) is 22.9. The van der Waals surface area contributed by atoms with E-state index in [0.717, 1.165) is 5.56 Å². The van der Waals surface area contributed by atoms with Crippen molar-refractivity contribution >= 4 is 41.0 Å². The van der Waals surface area contributed by atoms with Crippen LogP contribution in [-0.2, 0) is 27.3 Å². The number of hydrogen-bond acceptors (Lipinski definition) is 8. The van der Waals surface area contributed by atoms with Crippen LogP contribution in [0, 0.1) is 0 Å². The largest absolute Gasteiger partial charge is 0.454 e. The highest BCUT2D eigenvalue weighted by molar-refractivity contribution is 6.39. The third-order valence-electron chi connectivity index (χ3n) is 4.18. The van der Waals surface area contributed by atoms with E-state index in [2.05, 4.69) is 25.9 Å². The number of nitrogens with zero attached hydrogens (tertiary/aromatic N) is 3. The lowest BCUT2D eigenvalue weighted by atomic mass is 10.1. The molecule has 0 radical (unpaired) electrons. The van der Waals surface area contributed by atoms with Crippen molar-refractivity contribution in [2.45, 2.75) is 19.1 Å². The molecule has 10 nitrogen and oxygen atoms in total. The van der Waals surface area contributed by atoms with E-state index in [0.29, 0.717) is 0 Å². The fraction of sp³-hybridized carbons (Fsp3) is 0.200. The quantitative estimate of drug-likeness (QED) is 0.448. The Morgan fingerprint density at radius 3 is 2.38 bits per heavy atom. The highest BCUT2D eigenvalue weighted by atomic mass is 35.5. The van der Waals surface area contributed by atoms with Crippen molar-refractivity contribution in [2.75, 3.05) is 6.61 Å². The SMILES string of the molecule is O=C(N[C@@H](Cc1nn[nH]n1)C(=O)COC(=O)c1c(Cl)cccc1Cl)OCc1ccccc1. The molecule has 0 aliphatic rings. The van der Waals surface area contributed by atoms with Gasteiger partial charge in [0, 0.05) is 6.42 Å². The number of nitrogens with one attached hydrogen (secondary N) is 2. The van der Waals surface area contributed by atoms with Crippen LogP contribution in [0.4, 0.5) is 4.79 Å². The molecule has 0 aliphatic carbocycles. The van der Waals surface area contributed by atoms with Gasteiger partial charge in [0.25, 0.3) is 0 Å². The van der Waals surface area contributed by atoms with Crippen molar-refractivity contribution in [3.63, 3.8) is 0 Å². The third-order valence-corrected chi connectivity index (χ3v) is 4.81. The van der Waals surface area contributed by atoms with Gasteiger partial charge in [0.05, 0.1) is 15.6 Å². The molecule has 32 heavy (non-hydrogen) atoms. The number of hydrogen-bond donors (Lipinski definition) is 2. The minimum absolute atomic E-state index is 0.00971. The van der Waals surface area contributed by atoms with E-state index in [1.807, 2.05) is 6.07 Å². The molecule has 1 amide bonds. The van der Waals surface area contributed by atoms with Gasteiger partial charge in [-0.3, -0.25) is 4.79 Å². The standard InChI is InChI=1S/C20H17Cl2N5O5/c21-13-7-4-8-14(22)18(13)19(29)31-11-16(28)15(9-17-24-26-27-25-17)23-20(30)32-10-12-5-2-1-3-6-12/h1-8,15H,9-11H2,(H,23,30)(H,24,25,26,27)/t15-/m0/s1. The van der Waals surface area contributed by atoms with Crippen LogP contribution in [0.1, 0.15) is 21.7 Å². The highest BCUT2D eigenvalue weighted by Crippen LogP contribution is 2.24. The number of alkyl carbamates (subject to hydrolysis) is 1. The number of aromatic amines is 1. The van der Waals surface area contributed by atoms with Gasteiger partial charge in [-0.05, 0) is 17.7 Å². The Balaban J connectivity index is 1.61. The van der Waals surface area contributed by atoms with Gasteiger partial charge in [0.15, 0.2) is 18.2 Å². The zero-order valence-electron chi connectivity index (χ0n) is 16.5. The molecule has 0 saturated heterocycles. The first kappa shape index (κ1) is 23.2. The molecule has 2 aromatic carbocycles. The minimum Gasteiger partial charge on any atom is -0.454 e. The van der Waals surface area contributed by atoms with Crippen LogP contribution < -0.4 is 5.32 Å². The number of ether oxygens (including phenoxy) is 2. The molecule has 0 spiro atoms. The van der Waals surface area contributed by atoms with Crippen LogP contribution in [0.15, 0.2) is 48.5 Å². The number of rotatable bonds is 9. The Morgan fingerprint density at radius 2 is 1.72 bits per heavy atom. The van der Waals surface area contributed by atoms with Crippen molar-refractivity contribution in [1.82, 2.24) is 25.9 Å². The minimum atomic E-state index is -1.13. The molecule has 0 unspecified atom stereocenters. The van der Waals surface area contributed by atoms with Gasteiger partial charge in [0.1, 0.15) is 12.6 Å². The molecule has 0 fully saturated rings. The van der Waals surface area contributed by atoms with Crippen molar-refractivity contribution in [2.24, 2.45) is 0 Å². The number of halogens is 2. The Bertz CT molecular complexity index is 1060. The second kappa shape index (κ2) is 11.2. The van der Waals surface area contributed by atoms with Crippen LogP contribution in [0.5, 0.6) is 0 Å². The van der Waals surface area contributed by atoms with Gasteiger partial charge in [-0.1, -0.05) is 64.8 Å². The van der Waals surface area contributed by atoms with Gasteiger partial charge < -0.3 is 14.8 Å². The lowest BCUT2D eigenvalue weighted by molar-refractivity contribution is -0.124. The van der Waals surface area contributed by atoms with Crippen molar-refractivity contribution in [3.8, 4) is 0 Å². The Hall–Kier alpha value is -3.50. The summed E-state index contributed by atoms with van der Waals surface area (Å²) in [5.41, 5.74) is 0.711. The van der Waals surface area contributed by atoms with Crippen molar-refractivity contribution in [3.05, 3.63) is 75.5 Å². The van der Waals surface area contributed by atoms with Crippen LogP contribution in [-0.4, -0.2) is 51.1 Å². The lowest BCUT2D eigenvalue weighted by Crippen LogP contribution is -2.44. The number of esters is 1. The number of amides is 1. The van der Waals surface area contributed by atoms with E-state index >= 15 is 0 Å². The predicted molar refractivity (Wildman–Crippen MR) is 113 cm³/mol.